The van der Waals surface area contributed by atoms with E-state index in [1.165, 1.54) is 6.20 Å². The van der Waals surface area contributed by atoms with Crippen LogP contribution in [0.1, 0.15) is 50.4 Å². The summed E-state index contributed by atoms with van der Waals surface area (Å²) in [5.74, 6) is 0.0387. The van der Waals surface area contributed by atoms with Crippen molar-refractivity contribution in [1.82, 2.24) is 9.88 Å². The highest BCUT2D eigenvalue weighted by Crippen LogP contribution is 2.24. The SMILES string of the molecule is CC(O)CC1CCCN1C(=O)c1ccnc(NC(=O)C(C)C)c1. The fraction of sp³-hybridized carbons (Fsp3) is 0.588. The normalized spacial score (nSPS) is 19.0. The molecule has 0 aromatic carbocycles. The zero-order valence-corrected chi connectivity index (χ0v) is 14.0. The molecule has 2 rings (SSSR count). The summed E-state index contributed by atoms with van der Waals surface area (Å²) in [6.45, 7) is 6.05. The summed E-state index contributed by atoms with van der Waals surface area (Å²) in [7, 11) is 0. The molecule has 2 heterocycles. The summed E-state index contributed by atoms with van der Waals surface area (Å²) in [4.78, 5) is 30.4. The van der Waals surface area contributed by atoms with Crippen LogP contribution in [0.5, 0.6) is 0 Å². The van der Waals surface area contributed by atoms with Crippen LogP contribution in [-0.2, 0) is 4.79 Å². The van der Waals surface area contributed by atoms with Crippen LogP contribution in [0.15, 0.2) is 18.3 Å². The van der Waals surface area contributed by atoms with Gasteiger partial charge in [-0.1, -0.05) is 13.8 Å². The number of nitrogens with zero attached hydrogens (tertiary/aromatic N) is 2. The maximum absolute atomic E-state index is 12.7. The average Bonchev–Trinajstić information content (AvgIpc) is 2.93. The van der Waals surface area contributed by atoms with Crippen LogP contribution in [0.4, 0.5) is 5.82 Å². The Hall–Kier alpha value is -1.95. The zero-order valence-electron chi connectivity index (χ0n) is 14.0. The molecule has 23 heavy (non-hydrogen) atoms. The number of hydrogen-bond acceptors (Lipinski definition) is 4. The number of pyridine rings is 1. The minimum atomic E-state index is -0.424. The second kappa shape index (κ2) is 7.55. The number of aromatic nitrogens is 1. The smallest absolute Gasteiger partial charge is 0.254 e. The van der Waals surface area contributed by atoms with Gasteiger partial charge in [-0.05, 0) is 38.3 Å². The maximum Gasteiger partial charge on any atom is 0.254 e. The summed E-state index contributed by atoms with van der Waals surface area (Å²) in [5.41, 5.74) is 0.511. The highest BCUT2D eigenvalue weighted by Gasteiger charge is 2.30. The molecule has 2 amide bonds. The van der Waals surface area contributed by atoms with Crippen molar-refractivity contribution in [1.29, 1.82) is 0 Å². The number of carbonyl (C=O) groups excluding carboxylic acids is 2. The number of aliphatic hydroxyl groups is 1. The van der Waals surface area contributed by atoms with Crippen LogP contribution in [-0.4, -0.2) is 45.5 Å². The number of rotatable bonds is 5. The Bertz CT molecular complexity index is 572. The molecule has 2 unspecified atom stereocenters. The number of carbonyl (C=O) groups is 2. The number of anilines is 1. The average molecular weight is 319 g/mol. The monoisotopic (exact) mass is 319 g/mol. The first kappa shape index (κ1) is 17.4. The van der Waals surface area contributed by atoms with Crippen molar-refractivity contribution in [2.75, 3.05) is 11.9 Å². The Kier molecular flexibility index (Phi) is 5.71. The Balaban J connectivity index is 2.11. The quantitative estimate of drug-likeness (QED) is 0.870. The Morgan fingerprint density at radius 1 is 1.43 bits per heavy atom. The minimum absolute atomic E-state index is 0.0735. The number of nitrogens with one attached hydrogen (secondary N) is 1. The van der Waals surface area contributed by atoms with Crippen LogP contribution in [0.2, 0.25) is 0 Å². The summed E-state index contributed by atoms with van der Waals surface area (Å²) in [5, 5.41) is 12.3. The molecule has 126 valence electrons. The van der Waals surface area contributed by atoms with Gasteiger partial charge in [0.1, 0.15) is 5.82 Å². The second-order valence-corrected chi connectivity index (χ2v) is 6.45. The summed E-state index contributed by atoms with van der Waals surface area (Å²) >= 11 is 0. The Morgan fingerprint density at radius 2 is 2.17 bits per heavy atom. The highest BCUT2D eigenvalue weighted by atomic mass is 16.3. The van der Waals surface area contributed by atoms with Crippen molar-refractivity contribution in [3.63, 3.8) is 0 Å². The number of hydrogen-bond donors (Lipinski definition) is 2. The predicted octanol–water partition coefficient (Wildman–Crippen LogP) is 2.05. The summed E-state index contributed by atoms with van der Waals surface area (Å²) in [6.07, 6.45) is 3.56. The maximum atomic E-state index is 12.7. The molecular formula is C17H25N3O3. The van der Waals surface area contributed by atoms with Gasteiger partial charge < -0.3 is 15.3 Å². The predicted molar refractivity (Wildman–Crippen MR) is 88.1 cm³/mol. The molecule has 0 spiro atoms. The largest absolute Gasteiger partial charge is 0.393 e. The molecule has 1 fully saturated rings. The molecule has 1 saturated heterocycles. The molecule has 6 heteroatoms. The van der Waals surface area contributed by atoms with Gasteiger partial charge in [-0.25, -0.2) is 4.98 Å². The van der Waals surface area contributed by atoms with E-state index in [4.69, 9.17) is 0 Å². The van der Waals surface area contributed by atoms with Crippen molar-refractivity contribution in [2.24, 2.45) is 5.92 Å². The molecule has 2 N–H and O–H groups in total. The molecule has 0 saturated carbocycles. The fourth-order valence-corrected chi connectivity index (χ4v) is 2.81. The van der Waals surface area contributed by atoms with Gasteiger partial charge in [-0.15, -0.1) is 0 Å². The van der Waals surface area contributed by atoms with E-state index in [-0.39, 0.29) is 23.8 Å². The van der Waals surface area contributed by atoms with Gasteiger partial charge in [0, 0.05) is 30.3 Å². The third kappa shape index (κ3) is 4.51. The summed E-state index contributed by atoms with van der Waals surface area (Å²) < 4.78 is 0. The van der Waals surface area contributed by atoms with Crippen LogP contribution in [0, 0.1) is 5.92 Å². The van der Waals surface area contributed by atoms with Gasteiger partial charge in [0.2, 0.25) is 5.91 Å². The molecule has 2 atom stereocenters. The van der Waals surface area contributed by atoms with Crippen molar-refractivity contribution >= 4 is 17.6 Å². The van der Waals surface area contributed by atoms with E-state index in [9.17, 15) is 14.7 Å². The molecule has 1 aromatic heterocycles. The number of likely N-dealkylation sites (tertiary alicyclic amines) is 1. The molecule has 1 aliphatic heterocycles. The number of aliphatic hydroxyl groups excluding tert-OH is 1. The first-order valence-corrected chi connectivity index (χ1v) is 8.14. The lowest BCUT2D eigenvalue weighted by molar-refractivity contribution is -0.118. The Labute approximate surface area is 136 Å². The van der Waals surface area contributed by atoms with Gasteiger partial charge in [-0.2, -0.15) is 0 Å². The molecular weight excluding hydrogens is 294 g/mol. The van der Waals surface area contributed by atoms with Crippen LogP contribution in [0.3, 0.4) is 0 Å². The van der Waals surface area contributed by atoms with Crippen LogP contribution in [0.25, 0.3) is 0 Å². The van der Waals surface area contributed by atoms with Gasteiger partial charge in [0.05, 0.1) is 6.10 Å². The topological polar surface area (TPSA) is 82.5 Å². The lowest BCUT2D eigenvalue weighted by Gasteiger charge is -2.26. The van der Waals surface area contributed by atoms with Crippen molar-refractivity contribution < 1.29 is 14.7 Å². The van der Waals surface area contributed by atoms with E-state index in [2.05, 4.69) is 10.3 Å². The second-order valence-electron chi connectivity index (χ2n) is 6.45. The first-order valence-electron chi connectivity index (χ1n) is 8.14. The number of amides is 2. The minimum Gasteiger partial charge on any atom is -0.393 e. The van der Waals surface area contributed by atoms with E-state index >= 15 is 0 Å². The summed E-state index contributed by atoms with van der Waals surface area (Å²) in [6, 6.07) is 3.34. The first-order chi connectivity index (χ1) is 10.9. The van der Waals surface area contributed by atoms with Crippen molar-refractivity contribution in [2.45, 2.75) is 52.2 Å². The van der Waals surface area contributed by atoms with Crippen molar-refractivity contribution in [3.05, 3.63) is 23.9 Å². The van der Waals surface area contributed by atoms with Gasteiger partial charge >= 0.3 is 0 Å². The highest BCUT2D eigenvalue weighted by molar-refractivity contribution is 5.97. The fourth-order valence-electron chi connectivity index (χ4n) is 2.81. The van der Waals surface area contributed by atoms with Gasteiger partial charge in [-0.3, -0.25) is 9.59 Å². The standard InChI is InChI=1S/C17H25N3O3/c1-11(2)16(22)19-15-10-13(6-7-18-15)17(23)20-8-4-5-14(20)9-12(3)21/h6-7,10-12,14,21H,4-5,8-9H2,1-3H3,(H,18,19,22). The molecule has 0 bridgehead atoms. The van der Waals surface area contributed by atoms with E-state index in [1.54, 1.807) is 32.9 Å². The van der Waals surface area contributed by atoms with E-state index in [1.807, 2.05) is 4.90 Å². The zero-order chi connectivity index (χ0) is 17.0. The van der Waals surface area contributed by atoms with E-state index in [0.717, 1.165) is 12.8 Å². The van der Waals surface area contributed by atoms with E-state index in [0.29, 0.717) is 24.3 Å². The molecule has 6 nitrogen and oxygen atoms in total. The lowest BCUT2D eigenvalue weighted by Crippen LogP contribution is -2.37. The molecule has 1 aliphatic rings. The van der Waals surface area contributed by atoms with Crippen LogP contribution < -0.4 is 5.32 Å². The van der Waals surface area contributed by atoms with Crippen molar-refractivity contribution in [3.8, 4) is 0 Å². The third-order valence-corrected chi connectivity index (χ3v) is 4.03. The van der Waals surface area contributed by atoms with Crippen LogP contribution >= 0.6 is 0 Å². The Morgan fingerprint density at radius 3 is 2.83 bits per heavy atom. The lowest BCUT2D eigenvalue weighted by atomic mass is 10.1. The molecule has 0 radical (unpaired) electrons. The van der Waals surface area contributed by atoms with Gasteiger partial charge in [0.25, 0.3) is 5.91 Å². The third-order valence-electron chi connectivity index (χ3n) is 4.03. The van der Waals surface area contributed by atoms with Gasteiger partial charge in [0.15, 0.2) is 0 Å². The molecule has 1 aromatic rings. The van der Waals surface area contributed by atoms with E-state index < -0.39 is 6.10 Å². The molecule has 0 aliphatic carbocycles.